The van der Waals surface area contributed by atoms with E-state index in [2.05, 4.69) is 33.5 Å². The third-order valence-corrected chi connectivity index (χ3v) is 5.18. The zero-order chi connectivity index (χ0) is 21.7. The first-order valence-corrected chi connectivity index (χ1v) is 9.80. The van der Waals surface area contributed by atoms with E-state index in [9.17, 15) is 9.59 Å². The lowest BCUT2D eigenvalue weighted by Gasteiger charge is -2.24. The molecule has 0 saturated carbocycles. The van der Waals surface area contributed by atoms with Crippen molar-refractivity contribution >= 4 is 22.7 Å². The number of nitrogens with zero attached hydrogens (tertiary/aromatic N) is 2. The summed E-state index contributed by atoms with van der Waals surface area (Å²) in [4.78, 5) is 26.6. The lowest BCUT2D eigenvalue weighted by molar-refractivity contribution is -0.139. The summed E-state index contributed by atoms with van der Waals surface area (Å²) in [6.07, 6.45) is 2.07. The molecule has 0 aliphatic rings. The van der Waals surface area contributed by atoms with Gasteiger partial charge in [0.1, 0.15) is 5.75 Å². The Kier molecular flexibility index (Phi) is 6.74. The molecule has 0 fully saturated rings. The first kappa shape index (κ1) is 21.4. The first-order chi connectivity index (χ1) is 14.4. The van der Waals surface area contributed by atoms with Crippen LogP contribution in [0, 0.1) is 0 Å². The van der Waals surface area contributed by atoms with Crippen LogP contribution in [0.2, 0.25) is 0 Å². The summed E-state index contributed by atoms with van der Waals surface area (Å²) < 4.78 is 7.19. The summed E-state index contributed by atoms with van der Waals surface area (Å²) in [6.45, 7) is 0.604. The van der Waals surface area contributed by atoms with Gasteiger partial charge >= 0.3 is 11.8 Å². The molecule has 0 bridgehead atoms. The van der Waals surface area contributed by atoms with E-state index in [1.165, 1.54) is 0 Å². The Morgan fingerprint density at radius 2 is 1.70 bits per heavy atom. The number of aryl methyl sites for hydroxylation is 1. The maximum atomic E-state index is 12.3. The number of methoxy groups -OCH3 is 1. The quantitative estimate of drug-likeness (QED) is 0.588. The molecule has 2 aromatic carbocycles. The summed E-state index contributed by atoms with van der Waals surface area (Å²) in [5.41, 5.74) is 3.12. The summed E-state index contributed by atoms with van der Waals surface area (Å²) in [5.74, 6) is -0.553. The predicted molar refractivity (Wildman–Crippen MR) is 117 cm³/mol. The number of hydrogen-bond donors (Lipinski definition) is 2. The number of fused-ring (bicyclic) bond motifs is 1. The molecule has 0 aliphatic heterocycles. The van der Waals surface area contributed by atoms with Crippen molar-refractivity contribution in [2.24, 2.45) is 7.05 Å². The number of para-hydroxylation sites is 1. The fourth-order valence-corrected chi connectivity index (χ4v) is 3.48. The number of carbonyl (C=O) groups is 2. The lowest BCUT2D eigenvalue weighted by atomic mass is 10.0. The van der Waals surface area contributed by atoms with Crippen molar-refractivity contribution in [2.75, 3.05) is 27.7 Å². The van der Waals surface area contributed by atoms with Crippen LogP contribution in [0.4, 0.5) is 0 Å². The molecular formula is C23H28N4O3. The standard InChI is InChI=1S/C23H28N4O3/c1-26(2)21(19-15-27(3)20-8-6-5-7-18(19)20)14-25-23(29)22(28)24-13-16-9-11-17(30-4)12-10-16/h5-12,15,21H,13-14H2,1-4H3,(H,24,28)(H,25,29). The Hall–Kier alpha value is -3.32. The minimum absolute atomic E-state index is 0.0607. The van der Waals surface area contributed by atoms with Gasteiger partial charge in [0.2, 0.25) is 0 Å². The van der Waals surface area contributed by atoms with Crippen LogP contribution in [0.25, 0.3) is 10.9 Å². The van der Waals surface area contributed by atoms with E-state index in [0.717, 1.165) is 27.8 Å². The Bertz CT molecular complexity index is 1020. The minimum atomic E-state index is -0.652. The van der Waals surface area contributed by atoms with Crippen molar-refractivity contribution in [3.8, 4) is 5.75 Å². The number of likely N-dealkylation sites (N-methyl/N-ethyl adjacent to an activating group) is 1. The summed E-state index contributed by atoms with van der Waals surface area (Å²) in [6, 6.07) is 15.4. The highest BCUT2D eigenvalue weighted by Gasteiger charge is 2.21. The van der Waals surface area contributed by atoms with Crippen molar-refractivity contribution in [1.82, 2.24) is 20.1 Å². The number of benzene rings is 2. The third-order valence-electron chi connectivity index (χ3n) is 5.18. The zero-order valence-electron chi connectivity index (χ0n) is 17.8. The van der Waals surface area contributed by atoms with Gasteiger partial charge in [0.15, 0.2) is 0 Å². The molecule has 3 rings (SSSR count). The molecule has 7 heteroatoms. The van der Waals surface area contributed by atoms with Gasteiger partial charge in [-0.25, -0.2) is 0 Å². The van der Waals surface area contributed by atoms with Crippen LogP contribution >= 0.6 is 0 Å². The molecule has 0 saturated heterocycles. The van der Waals surface area contributed by atoms with E-state index < -0.39 is 11.8 Å². The molecule has 1 aromatic heterocycles. The van der Waals surface area contributed by atoms with Crippen molar-refractivity contribution < 1.29 is 14.3 Å². The van der Waals surface area contributed by atoms with Crippen LogP contribution < -0.4 is 15.4 Å². The van der Waals surface area contributed by atoms with Crippen LogP contribution in [0.3, 0.4) is 0 Å². The smallest absolute Gasteiger partial charge is 0.309 e. The molecule has 3 aromatic rings. The normalized spacial score (nSPS) is 12.0. The van der Waals surface area contributed by atoms with Gasteiger partial charge in [-0.2, -0.15) is 0 Å². The molecule has 2 amide bonds. The van der Waals surface area contributed by atoms with E-state index >= 15 is 0 Å². The average molecular weight is 409 g/mol. The van der Waals surface area contributed by atoms with Gasteiger partial charge in [-0.05, 0) is 43.4 Å². The zero-order valence-corrected chi connectivity index (χ0v) is 17.8. The second-order valence-corrected chi connectivity index (χ2v) is 7.43. The molecule has 1 heterocycles. The second-order valence-electron chi connectivity index (χ2n) is 7.43. The maximum Gasteiger partial charge on any atom is 0.309 e. The van der Waals surface area contributed by atoms with E-state index in [-0.39, 0.29) is 12.6 Å². The fourth-order valence-electron chi connectivity index (χ4n) is 3.48. The molecule has 30 heavy (non-hydrogen) atoms. The highest BCUT2D eigenvalue weighted by molar-refractivity contribution is 6.35. The van der Waals surface area contributed by atoms with Crippen molar-refractivity contribution in [3.05, 3.63) is 65.9 Å². The van der Waals surface area contributed by atoms with Gasteiger partial charge < -0.3 is 24.8 Å². The van der Waals surface area contributed by atoms with Gasteiger partial charge in [0.25, 0.3) is 0 Å². The SMILES string of the molecule is COc1ccc(CNC(=O)C(=O)NCC(c2cn(C)c3ccccc23)N(C)C)cc1. The van der Waals surface area contributed by atoms with Crippen LogP contribution in [-0.4, -0.2) is 49.0 Å². The number of hydrogen-bond acceptors (Lipinski definition) is 4. The van der Waals surface area contributed by atoms with Crippen LogP contribution in [-0.2, 0) is 23.2 Å². The van der Waals surface area contributed by atoms with E-state index in [0.29, 0.717) is 6.54 Å². The van der Waals surface area contributed by atoms with Gasteiger partial charge in [0, 0.05) is 37.2 Å². The Morgan fingerprint density at radius 1 is 1.03 bits per heavy atom. The highest BCUT2D eigenvalue weighted by atomic mass is 16.5. The van der Waals surface area contributed by atoms with Crippen molar-refractivity contribution in [3.63, 3.8) is 0 Å². The minimum Gasteiger partial charge on any atom is -0.497 e. The number of carbonyl (C=O) groups excluding carboxylic acids is 2. The molecule has 1 atom stereocenters. The first-order valence-electron chi connectivity index (χ1n) is 9.80. The molecular weight excluding hydrogens is 380 g/mol. The number of nitrogens with one attached hydrogen (secondary N) is 2. The highest BCUT2D eigenvalue weighted by Crippen LogP contribution is 2.28. The largest absolute Gasteiger partial charge is 0.497 e. The third kappa shape index (κ3) is 4.80. The molecule has 0 spiro atoms. The monoisotopic (exact) mass is 408 g/mol. The van der Waals surface area contributed by atoms with Gasteiger partial charge in [-0.15, -0.1) is 0 Å². The number of ether oxygens (including phenoxy) is 1. The molecule has 158 valence electrons. The topological polar surface area (TPSA) is 75.6 Å². The number of amides is 2. The maximum absolute atomic E-state index is 12.3. The average Bonchev–Trinajstić information content (AvgIpc) is 3.08. The Morgan fingerprint density at radius 3 is 2.37 bits per heavy atom. The fraction of sp³-hybridized carbons (Fsp3) is 0.304. The number of aromatic nitrogens is 1. The van der Waals surface area contributed by atoms with Gasteiger partial charge in [-0.1, -0.05) is 30.3 Å². The van der Waals surface area contributed by atoms with Crippen LogP contribution in [0.1, 0.15) is 17.2 Å². The summed E-state index contributed by atoms with van der Waals surface area (Å²) >= 11 is 0. The van der Waals surface area contributed by atoms with Crippen LogP contribution in [0.5, 0.6) is 5.75 Å². The van der Waals surface area contributed by atoms with Gasteiger partial charge in [0.05, 0.1) is 13.2 Å². The number of rotatable bonds is 7. The lowest BCUT2D eigenvalue weighted by Crippen LogP contribution is -2.42. The molecule has 0 radical (unpaired) electrons. The molecule has 2 N–H and O–H groups in total. The molecule has 1 unspecified atom stereocenters. The van der Waals surface area contributed by atoms with E-state index in [1.54, 1.807) is 7.11 Å². The summed E-state index contributed by atoms with van der Waals surface area (Å²) in [5, 5.41) is 6.56. The predicted octanol–water partition coefficient (Wildman–Crippen LogP) is 2.22. The van der Waals surface area contributed by atoms with Crippen molar-refractivity contribution in [1.29, 1.82) is 0 Å². The molecule has 7 nitrogen and oxygen atoms in total. The van der Waals surface area contributed by atoms with Crippen molar-refractivity contribution in [2.45, 2.75) is 12.6 Å². The van der Waals surface area contributed by atoms with Gasteiger partial charge in [-0.3, -0.25) is 9.59 Å². The molecule has 0 aliphatic carbocycles. The van der Waals surface area contributed by atoms with E-state index in [4.69, 9.17) is 4.74 Å². The second kappa shape index (κ2) is 9.45. The Balaban J connectivity index is 1.61. The summed E-state index contributed by atoms with van der Waals surface area (Å²) in [7, 11) is 7.52. The Labute approximate surface area is 176 Å². The van der Waals surface area contributed by atoms with E-state index in [1.807, 2.05) is 62.4 Å². The van der Waals surface area contributed by atoms with Crippen LogP contribution in [0.15, 0.2) is 54.7 Å².